The fourth-order valence-corrected chi connectivity index (χ4v) is 2.20. The van der Waals surface area contributed by atoms with E-state index in [4.69, 9.17) is 16.3 Å². The molecule has 0 N–H and O–H groups in total. The van der Waals surface area contributed by atoms with Crippen molar-refractivity contribution in [3.05, 3.63) is 58.6 Å². The second-order valence-electron chi connectivity index (χ2n) is 5.53. The first-order valence-electron chi connectivity index (χ1n) is 7.01. The second-order valence-corrected chi connectivity index (χ2v) is 5.97. The monoisotopic (exact) mass is 302 g/mol. The standard InChI is InChI=1S/C18H19ClO2/c1-12(2)11-21-18(20)15-6-9-17(13(3)10-15)14-4-7-16(19)8-5-14/h4-10,12H,11H2,1-3H3. The Hall–Kier alpha value is -1.80. The Kier molecular flexibility index (Phi) is 5.03. The minimum atomic E-state index is -0.269. The molecule has 2 aromatic carbocycles. The molecule has 0 fully saturated rings. The summed E-state index contributed by atoms with van der Waals surface area (Å²) in [6.45, 7) is 6.46. The van der Waals surface area contributed by atoms with Gasteiger partial charge in [-0.2, -0.15) is 0 Å². The van der Waals surface area contributed by atoms with Crippen LogP contribution in [-0.2, 0) is 4.74 Å². The van der Waals surface area contributed by atoms with Crippen LogP contribution in [0.25, 0.3) is 11.1 Å². The van der Waals surface area contributed by atoms with E-state index < -0.39 is 0 Å². The van der Waals surface area contributed by atoms with Crippen LogP contribution < -0.4 is 0 Å². The lowest BCUT2D eigenvalue weighted by atomic mass is 9.98. The Balaban J connectivity index is 2.21. The predicted molar refractivity (Wildman–Crippen MR) is 86.7 cm³/mol. The van der Waals surface area contributed by atoms with Crippen molar-refractivity contribution in [2.24, 2.45) is 5.92 Å². The molecule has 0 aliphatic carbocycles. The maximum atomic E-state index is 12.0. The van der Waals surface area contributed by atoms with Crippen LogP contribution in [0.1, 0.15) is 29.8 Å². The lowest BCUT2D eigenvalue weighted by molar-refractivity contribution is 0.0459. The Bertz CT molecular complexity index is 630. The van der Waals surface area contributed by atoms with Crippen molar-refractivity contribution in [2.45, 2.75) is 20.8 Å². The van der Waals surface area contributed by atoms with E-state index in [-0.39, 0.29) is 5.97 Å². The van der Waals surface area contributed by atoms with Gasteiger partial charge in [-0.25, -0.2) is 4.79 Å². The first kappa shape index (κ1) is 15.6. The van der Waals surface area contributed by atoms with Crippen molar-refractivity contribution < 1.29 is 9.53 Å². The maximum absolute atomic E-state index is 12.0. The number of aryl methyl sites for hydroxylation is 1. The highest BCUT2D eigenvalue weighted by molar-refractivity contribution is 6.30. The summed E-state index contributed by atoms with van der Waals surface area (Å²) in [6.07, 6.45) is 0. The zero-order chi connectivity index (χ0) is 15.4. The van der Waals surface area contributed by atoms with Crippen LogP contribution in [0.4, 0.5) is 0 Å². The van der Waals surface area contributed by atoms with Crippen LogP contribution in [0.15, 0.2) is 42.5 Å². The third-order valence-corrected chi connectivity index (χ3v) is 3.42. The molecule has 0 bridgehead atoms. The van der Waals surface area contributed by atoms with Gasteiger partial charge in [0.25, 0.3) is 0 Å². The van der Waals surface area contributed by atoms with E-state index in [9.17, 15) is 4.79 Å². The number of carbonyl (C=O) groups excluding carboxylic acids is 1. The van der Waals surface area contributed by atoms with Crippen molar-refractivity contribution in [2.75, 3.05) is 6.61 Å². The highest BCUT2D eigenvalue weighted by atomic mass is 35.5. The summed E-state index contributed by atoms with van der Waals surface area (Å²) in [7, 11) is 0. The highest BCUT2D eigenvalue weighted by Gasteiger charge is 2.10. The van der Waals surface area contributed by atoms with Crippen LogP contribution in [0.5, 0.6) is 0 Å². The van der Waals surface area contributed by atoms with E-state index in [0.717, 1.165) is 16.7 Å². The summed E-state index contributed by atoms with van der Waals surface area (Å²) in [5, 5.41) is 0.713. The number of rotatable bonds is 4. The Labute approximate surface area is 130 Å². The third-order valence-electron chi connectivity index (χ3n) is 3.17. The van der Waals surface area contributed by atoms with Crippen LogP contribution >= 0.6 is 11.6 Å². The van der Waals surface area contributed by atoms with Crippen LogP contribution in [-0.4, -0.2) is 12.6 Å². The van der Waals surface area contributed by atoms with E-state index >= 15 is 0 Å². The van der Waals surface area contributed by atoms with Gasteiger partial charge < -0.3 is 4.74 Å². The number of hydrogen-bond acceptors (Lipinski definition) is 2. The molecule has 2 nitrogen and oxygen atoms in total. The second kappa shape index (κ2) is 6.77. The Morgan fingerprint density at radius 2 is 1.81 bits per heavy atom. The van der Waals surface area contributed by atoms with Crippen LogP contribution in [0, 0.1) is 12.8 Å². The molecule has 2 aromatic rings. The molecular weight excluding hydrogens is 284 g/mol. The Morgan fingerprint density at radius 1 is 1.14 bits per heavy atom. The average Bonchev–Trinajstić information content (AvgIpc) is 2.45. The maximum Gasteiger partial charge on any atom is 0.338 e. The van der Waals surface area contributed by atoms with Crippen molar-refractivity contribution >= 4 is 17.6 Å². The summed E-state index contributed by atoms with van der Waals surface area (Å²) < 4.78 is 5.25. The minimum Gasteiger partial charge on any atom is -0.462 e. The van der Waals surface area contributed by atoms with Gasteiger partial charge in [-0.15, -0.1) is 0 Å². The van der Waals surface area contributed by atoms with Crippen LogP contribution in [0.3, 0.4) is 0 Å². The van der Waals surface area contributed by atoms with E-state index in [2.05, 4.69) is 0 Å². The molecule has 0 heterocycles. The zero-order valence-electron chi connectivity index (χ0n) is 12.5. The smallest absolute Gasteiger partial charge is 0.338 e. The first-order valence-corrected chi connectivity index (χ1v) is 7.39. The van der Waals surface area contributed by atoms with Gasteiger partial charge in [-0.05, 0) is 53.8 Å². The number of carbonyl (C=O) groups is 1. The van der Waals surface area contributed by atoms with Gasteiger partial charge in [0.1, 0.15) is 0 Å². The molecule has 0 aliphatic rings. The molecule has 0 amide bonds. The largest absolute Gasteiger partial charge is 0.462 e. The first-order chi connectivity index (χ1) is 9.97. The molecule has 21 heavy (non-hydrogen) atoms. The zero-order valence-corrected chi connectivity index (χ0v) is 13.3. The fourth-order valence-electron chi connectivity index (χ4n) is 2.07. The third kappa shape index (κ3) is 4.08. The van der Waals surface area contributed by atoms with Gasteiger partial charge in [-0.1, -0.05) is 43.6 Å². The predicted octanol–water partition coefficient (Wildman–Crippen LogP) is 5.13. The van der Waals surface area contributed by atoms with Gasteiger partial charge in [0.2, 0.25) is 0 Å². The molecule has 0 saturated carbocycles. The minimum absolute atomic E-state index is 0.269. The van der Waals surface area contributed by atoms with Crippen LogP contribution in [0.2, 0.25) is 5.02 Å². The summed E-state index contributed by atoms with van der Waals surface area (Å²) in [5.74, 6) is 0.0674. The highest BCUT2D eigenvalue weighted by Crippen LogP contribution is 2.26. The number of hydrogen-bond donors (Lipinski definition) is 0. The summed E-state index contributed by atoms with van der Waals surface area (Å²) in [5.41, 5.74) is 3.80. The van der Waals surface area contributed by atoms with Gasteiger partial charge in [0.05, 0.1) is 12.2 Å². The number of esters is 1. The summed E-state index contributed by atoms with van der Waals surface area (Å²) in [4.78, 5) is 12.0. The van der Waals surface area contributed by atoms with E-state index in [0.29, 0.717) is 23.1 Å². The van der Waals surface area contributed by atoms with Crippen molar-refractivity contribution in [1.29, 1.82) is 0 Å². The van der Waals surface area contributed by atoms with E-state index in [1.807, 2.05) is 57.2 Å². The lowest BCUT2D eigenvalue weighted by Gasteiger charge is -2.10. The van der Waals surface area contributed by atoms with Crippen molar-refractivity contribution in [3.8, 4) is 11.1 Å². The molecule has 3 heteroatoms. The number of halogens is 1. The molecule has 110 valence electrons. The molecule has 0 radical (unpaired) electrons. The van der Waals surface area contributed by atoms with E-state index in [1.165, 1.54) is 0 Å². The molecule has 0 saturated heterocycles. The number of ether oxygens (including phenoxy) is 1. The average molecular weight is 303 g/mol. The molecule has 0 spiro atoms. The molecule has 0 atom stereocenters. The van der Waals surface area contributed by atoms with Crippen molar-refractivity contribution in [1.82, 2.24) is 0 Å². The molecule has 2 rings (SSSR count). The van der Waals surface area contributed by atoms with Gasteiger partial charge >= 0.3 is 5.97 Å². The fraction of sp³-hybridized carbons (Fsp3) is 0.278. The SMILES string of the molecule is Cc1cc(C(=O)OCC(C)C)ccc1-c1ccc(Cl)cc1. The topological polar surface area (TPSA) is 26.3 Å². The molecular formula is C18H19ClO2. The lowest BCUT2D eigenvalue weighted by Crippen LogP contribution is -2.10. The number of benzene rings is 2. The van der Waals surface area contributed by atoms with Gasteiger partial charge in [0.15, 0.2) is 0 Å². The quantitative estimate of drug-likeness (QED) is 0.732. The molecule has 0 aromatic heterocycles. The normalized spacial score (nSPS) is 10.7. The Morgan fingerprint density at radius 3 is 2.38 bits per heavy atom. The van der Waals surface area contributed by atoms with Gasteiger partial charge in [0, 0.05) is 5.02 Å². The van der Waals surface area contributed by atoms with Crippen molar-refractivity contribution in [3.63, 3.8) is 0 Å². The summed E-state index contributed by atoms with van der Waals surface area (Å²) >= 11 is 5.90. The molecule has 0 unspecified atom stereocenters. The van der Waals surface area contributed by atoms with Gasteiger partial charge in [-0.3, -0.25) is 0 Å². The molecule has 0 aliphatic heterocycles. The van der Waals surface area contributed by atoms with E-state index in [1.54, 1.807) is 6.07 Å². The summed E-state index contributed by atoms with van der Waals surface area (Å²) in [6, 6.07) is 13.3.